The van der Waals surface area contributed by atoms with Gasteiger partial charge in [-0.1, -0.05) is 30.3 Å². The predicted molar refractivity (Wildman–Crippen MR) is 123 cm³/mol. The molecule has 1 aliphatic heterocycles. The van der Waals surface area contributed by atoms with Crippen LogP contribution in [0.25, 0.3) is 11.0 Å². The summed E-state index contributed by atoms with van der Waals surface area (Å²) < 4.78 is 0.926. The van der Waals surface area contributed by atoms with Crippen LogP contribution < -0.4 is 10.2 Å². The van der Waals surface area contributed by atoms with Crippen molar-refractivity contribution in [2.75, 3.05) is 10.2 Å². The van der Waals surface area contributed by atoms with Gasteiger partial charge >= 0.3 is 6.09 Å². The topological polar surface area (TPSA) is 119 Å². The number of benzene rings is 3. The summed E-state index contributed by atoms with van der Waals surface area (Å²) >= 11 is 2.16. The Kier molecular flexibility index (Phi) is 4.45. The molecule has 5 rings (SSSR count). The number of hydrogen-bond donors (Lipinski definition) is 4. The molecule has 0 saturated carbocycles. The molecular weight excluding hydrogens is 511 g/mol. The number of rotatable bonds is 3. The Morgan fingerprint density at radius 2 is 1.90 bits per heavy atom. The standard InChI is InChI=1S/C22H15IN4O4/c23-13-4-3-5-14(11-13)27-19(28)15-6-1-2-7-16(15)22(27,31)12-8-9-17-18(10-12)25-20(24-17)26-21(29)30/h1-11,31H,(H,29,30)(H2,24,25,26). The summed E-state index contributed by atoms with van der Waals surface area (Å²) in [6.07, 6.45) is -1.24. The van der Waals surface area contributed by atoms with Crippen molar-refractivity contribution >= 4 is 57.3 Å². The SMILES string of the molecule is O=C(O)Nc1nc2ccc(C3(O)c4ccccc4C(=O)N3c3cccc(I)c3)cc2[nH]1. The number of anilines is 2. The molecule has 9 heteroatoms. The number of imidazole rings is 1. The maximum absolute atomic E-state index is 13.4. The third-order valence-corrected chi connectivity index (χ3v) is 5.91. The molecule has 1 unspecified atom stereocenters. The molecule has 3 aromatic carbocycles. The van der Waals surface area contributed by atoms with Gasteiger partial charge in [-0.05, 0) is 59.0 Å². The van der Waals surface area contributed by atoms with Crippen LogP contribution in [0.3, 0.4) is 0 Å². The van der Waals surface area contributed by atoms with E-state index in [1.165, 1.54) is 4.90 Å². The fourth-order valence-corrected chi connectivity index (χ4v) is 4.48. The van der Waals surface area contributed by atoms with Gasteiger partial charge in [0.15, 0.2) is 5.72 Å². The van der Waals surface area contributed by atoms with Crippen LogP contribution in [0.1, 0.15) is 21.5 Å². The lowest BCUT2D eigenvalue weighted by Gasteiger charge is -2.35. The first kappa shape index (κ1) is 19.5. The van der Waals surface area contributed by atoms with E-state index >= 15 is 0 Å². The van der Waals surface area contributed by atoms with E-state index in [0.717, 1.165) is 3.57 Å². The van der Waals surface area contributed by atoms with E-state index < -0.39 is 11.8 Å². The van der Waals surface area contributed by atoms with E-state index in [2.05, 4.69) is 37.9 Å². The zero-order chi connectivity index (χ0) is 21.8. The van der Waals surface area contributed by atoms with Gasteiger partial charge in [0, 0.05) is 25.9 Å². The van der Waals surface area contributed by atoms with Crippen molar-refractivity contribution in [2.24, 2.45) is 0 Å². The smallest absolute Gasteiger partial charge is 0.411 e. The number of halogens is 1. The average molecular weight is 526 g/mol. The van der Waals surface area contributed by atoms with Gasteiger partial charge in [0.2, 0.25) is 5.95 Å². The fourth-order valence-electron chi connectivity index (χ4n) is 3.95. The van der Waals surface area contributed by atoms with Crippen LogP contribution in [-0.2, 0) is 5.72 Å². The quantitative estimate of drug-likeness (QED) is 0.300. The van der Waals surface area contributed by atoms with E-state index in [9.17, 15) is 14.7 Å². The van der Waals surface area contributed by atoms with Crippen molar-refractivity contribution in [2.45, 2.75) is 5.72 Å². The van der Waals surface area contributed by atoms with Crippen molar-refractivity contribution in [1.29, 1.82) is 0 Å². The van der Waals surface area contributed by atoms with Crippen LogP contribution in [0.2, 0.25) is 0 Å². The highest BCUT2D eigenvalue weighted by molar-refractivity contribution is 14.1. The molecule has 0 fully saturated rings. The van der Waals surface area contributed by atoms with Gasteiger partial charge in [-0.2, -0.15) is 0 Å². The fraction of sp³-hybridized carbons (Fsp3) is 0.0455. The largest absolute Gasteiger partial charge is 0.465 e. The molecule has 0 saturated heterocycles. The van der Waals surface area contributed by atoms with E-state index in [4.69, 9.17) is 5.11 Å². The van der Waals surface area contributed by atoms with Crippen LogP contribution >= 0.6 is 22.6 Å². The molecule has 0 bridgehead atoms. The molecule has 31 heavy (non-hydrogen) atoms. The van der Waals surface area contributed by atoms with E-state index in [-0.39, 0.29) is 11.9 Å². The molecule has 0 radical (unpaired) electrons. The minimum Gasteiger partial charge on any atom is -0.465 e. The Hall–Kier alpha value is -3.44. The summed E-state index contributed by atoms with van der Waals surface area (Å²) in [7, 11) is 0. The van der Waals surface area contributed by atoms with Gasteiger partial charge in [0.1, 0.15) is 0 Å². The number of carbonyl (C=O) groups is 2. The van der Waals surface area contributed by atoms with Crippen molar-refractivity contribution in [1.82, 2.24) is 9.97 Å². The minimum atomic E-state index is -1.75. The maximum atomic E-state index is 13.4. The molecule has 2 amide bonds. The zero-order valence-electron chi connectivity index (χ0n) is 15.8. The third kappa shape index (κ3) is 3.04. The van der Waals surface area contributed by atoms with Gasteiger partial charge in [0.05, 0.1) is 11.0 Å². The van der Waals surface area contributed by atoms with Gasteiger partial charge in [-0.3, -0.25) is 15.0 Å². The average Bonchev–Trinajstić information content (AvgIpc) is 3.24. The summed E-state index contributed by atoms with van der Waals surface area (Å²) in [5.41, 5.74) is 1.20. The van der Waals surface area contributed by atoms with Crippen molar-refractivity contribution in [3.8, 4) is 0 Å². The lowest BCUT2D eigenvalue weighted by Crippen LogP contribution is -2.45. The van der Waals surface area contributed by atoms with E-state index in [1.54, 1.807) is 48.5 Å². The Bertz CT molecular complexity index is 1370. The highest BCUT2D eigenvalue weighted by Crippen LogP contribution is 2.45. The number of aromatic amines is 1. The molecule has 4 N–H and O–H groups in total. The molecule has 2 heterocycles. The molecule has 154 valence electrons. The van der Waals surface area contributed by atoms with Crippen LogP contribution in [0.4, 0.5) is 16.4 Å². The minimum absolute atomic E-state index is 0.0732. The monoisotopic (exact) mass is 526 g/mol. The Morgan fingerprint density at radius 1 is 1.10 bits per heavy atom. The van der Waals surface area contributed by atoms with Crippen molar-refractivity contribution in [3.05, 3.63) is 87.0 Å². The molecular formula is C22H15IN4O4. The number of fused-ring (bicyclic) bond motifs is 2. The zero-order valence-corrected chi connectivity index (χ0v) is 18.0. The molecule has 4 aromatic rings. The summed E-state index contributed by atoms with van der Waals surface area (Å²) in [6.45, 7) is 0. The second-order valence-electron chi connectivity index (χ2n) is 7.09. The predicted octanol–water partition coefficient (Wildman–Crippen LogP) is 4.11. The lowest BCUT2D eigenvalue weighted by atomic mass is 9.93. The Morgan fingerprint density at radius 3 is 2.68 bits per heavy atom. The van der Waals surface area contributed by atoms with Crippen LogP contribution in [0, 0.1) is 3.57 Å². The van der Waals surface area contributed by atoms with Crippen molar-refractivity contribution in [3.63, 3.8) is 0 Å². The molecule has 1 aliphatic rings. The molecule has 1 atom stereocenters. The van der Waals surface area contributed by atoms with E-state index in [0.29, 0.717) is 33.4 Å². The summed E-state index contributed by atoms with van der Waals surface area (Å²) in [5.74, 6) is -0.234. The highest BCUT2D eigenvalue weighted by Gasteiger charge is 2.50. The normalized spacial score (nSPS) is 17.7. The van der Waals surface area contributed by atoms with Crippen LogP contribution in [0.5, 0.6) is 0 Å². The first-order valence-corrected chi connectivity index (χ1v) is 10.4. The number of nitrogens with zero attached hydrogens (tertiary/aromatic N) is 2. The molecule has 8 nitrogen and oxygen atoms in total. The highest BCUT2D eigenvalue weighted by atomic mass is 127. The number of aliphatic hydroxyl groups is 1. The van der Waals surface area contributed by atoms with Gasteiger partial charge in [-0.15, -0.1) is 0 Å². The van der Waals surface area contributed by atoms with Gasteiger partial charge in [0.25, 0.3) is 5.91 Å². The lowest BCUT2D eigenvalue weighted by molar-refractivity contribution is 0.0704. The number of carbonyl (C=O) groups excluding carboxylic acids is 1. The molecule has 0 spiro atoms. The first-order chi connectivity index (χ1) is 14.9. The van der Waals surface area contributed by atoms with Gasteiger partial charge in [-0.25, -0.2) is 9.78 Å². The third-order valence-electron chi connectivity index (χ3n) is 5.24. The Balaban J connectivity index is 1.72. The number of amides is 2. The van der Waals surface area contributed by atoms with Crippen LogP contribution in [-0.4, -0.2) is 32.2 Å². The number of hydrogen-bond acceptors (Lipinski definition) is 4. The van der Waals surface area contributed by atoms with Crippen LogP contribution in [0.15, 0.2) is 66.7 Å². The number of carboxylic acid groups (broad SMARTS) is 1. The maximum Gasteiger partial charge on any atom is 0.411 e. The van der Waals surface area contributed by atoms with E-state index in [1.807, 2.05) is 18.2 Å². The van der Waals surface area contributed by atoms with Gasteiger partial charge < -0.3 is 15.2 Å². The second-order valence-corrected chi connectivity index (χ2v) is 8.33. The summed E-state index contributed by atoms with van der Waals surface area (Å²) in [5, 5.41) is 23.2. The number of H-pyrrole nitrogens is 1. The van der Waals surface area contributed by atoms with Crippen molar-refractivity contribution < 1.29 is 19.8 Å². The molecule has 1 aromatic heterocycles. The first-order valence-electron chi connectivity index (χ1n) is 9.30. The molecule has 0 aliphatic carbocycles. The summed E-state index contributed by atoms with van der Waals surface area (Å²) in [4.78, 5) is 32.7. The number of aromatic nitrogens is 2. The summed E-state index contributed by atoms with van der Waals surface area (Å²) in [6, 6.07) is 19.3. The Labute approximate surface area is 189 Å². The number of nitrogens with one attached hydrogen (secondary N) is 2. The second kappa shape index (κ2) is 7.06.